The van der Waals surface area contributed by atoms with Crippen LogP contribution in [0.1, 0.15) is 18.2 Å². The SMILES string of the molecule is CC1=Cc2oc3ncccc3c2N(C)B1c1ccc(C)c[n+]1C. The number of rotatable bonds is 1. The largest absolute Gasteiger partial charge is 0.436 e. The van der Waals surface area contributed by atoms with Gasteiger partial charge in [0, 0.05) is 11.8 Å². The fourth-order valence-corrected chi connectivity index (χ4v) is 3.59. The van der Waals surface area contributed by atoms with Crippen LogP contribution in [-0.4, -0.2) is 18.9 Å². The van der Waals surface area contributed by atoms with Crippen LogP contribution < -0.4 is 15.0 Å². The lowest BCUT2D eigenvalue weighted by molar-refractivity contribution is -0.654. The summed E-state index contributed by atoms with van der Waals surface area (Å²) in [5.74, 6) is 0.893. The van der Waals surface area contributed by atoms with Crippen molar-refractivity contribution in [3.8, 4) is 0 Å². The van der Waals surface area contributed by atoms with Crippen LogP contribution >= 0.6 is 0 Å². The summed E-state index contributed by atoms with van der Waals surface area (Å²) in [7, 11) is 4.23. The summed E-state index contributed by atoms with van der Waals surface area (Å²) in [5.41, 5.74) is 5.59. The van der Waals surface area contributed by atoms with E-state index in [4.69, 9.17) is 4.42 Å². The average molecular weight is 304 g/mol. The minimum atomic E-state index is 0.189. The molecule has 23 heavy (non-hydrogen) atoms. The van der Waals surface area contributed by atoms with Crippen molar-refractivity contribution in [2.75, 3.05) is 11.9 Å². The van der Waals surface area contributed by atoms with Gasteiger partial charge in [0.2, 0.25) is 5.71 Å². The Morgan fingerprint density at radius 1 is 1.22 bits per heavy atom. The lowest BCUT2D eigenvalue weighted by Crippen LogP contribution is -2.62. The molecule has 0 amide bonds. The zero-order valence-corrected chi connectivity index (χ0v) is 13.9. The molecule has 0 saturated heterocycles. The zero-order chi connectivity index (χ0) is 16.1. The van der Waals surface area contributed by atoms with Crippen LogP contribution in [0.5, 0.6) is 0 Å². The van der Waals surface area contributed by atoms with E-state index >= 15 is 0 Å². The maximum atomic E-state index is 5.93. The Morgan fingerprint density at radius 3 is 2.83 bits per heavy atom. The van der Waals surface area contributed by atoms with Crippen molar-refractivity contribution in [2.24, 2.45) is 7.05 Å². The molecule has 0 saturated carbocycles. The number of anilines is 1. The Kier molecular flexibility index (Phi) is 3.05. The fourth-order valence-electron chi connectivity index (χ4n) is 3.59. The summed E-state index contributed by atoms with van der Waals surface area (Å²) >= 11 is 0. The summed E-state index contributed by atoms with van der Waals surface area (Å²) in [6.45, 7) is 4.46. The zero-order valence-electron chi connectivity index (χ0n) is 13.9. The molecule has 0 atom stereocenters. The number of furan rings is 1. The predicted molar refractivity (Wildman–Crippen MR) is 93.8 cm³/mol. The van der Waals surface area contributed by atoms with E-state index in [2.05, 4.69) is 72.8 Å². The molecule has 0 fully saturated rings. The Labute approximate surface area is 136 Å². The van der Waals surface area contributed by atoms with Gasteiger partial charge in [0.1, 0.15) is 7.05 Å². The van der Waals surface area contributed by atoms with Crippen molar-refractivity contribution in [1.29, 1.82) is 0 Å². The van der Waals surface area contributed by atoms with Gasteiger partial charge < -0.3 is 9.23 Å². The number of pyridine rings is 2. The molecule has 0 aromatic carbocycles. The van der Waals surface area contributed by atoms with Gasteiger partial charge in [0.15, 0.2) is 17.6 Å². The molecule has 3 aromatic rings. The van der Waals surface area contributed by atoms with E-state index < -0.39 is 0 Å². The number of allylic oxidation sites excluding steroid dienone is 1. The minimum Gasteiger partial charge on any atom is -0.436 e. The normalized spacial score (nSPS) is 14.2. The van der Waals surface area contributed by atoms with E-state index in [9.17, 15) is 0 Å². The lowest BCUT2D eigenvalue weighted by atomic mass is 9.49. The summed E-state index contributed by atoms with van der Waals surface area (Å²) < 4.78 is 8.14. The van der Waals surface area contributed by atoms with Crippen LogP contribution in [0.2, 0.25) is 0 Å². The first-order valence-electron chi connectivity index (χ1n) is 7.81. The van der Waals surface area contributed by atoms with E-state index in [1.807, 2.05) is 6.07 Å². The van der Waals surface area contributed by atoms with Gasteiger partial charge in [-0.15, -0.1) is 0 Å². The quantitative estimate of drug-likeness (QED) is 0.511. The van der Waals surface area contributed by atoms with E-state index in [-0.39, 0.29) is 6.85 Å². The maximum Gasteiger partial charge on any atom is 0.399 e. The molecule has 0 bridgehead atoms. The van der Waals surface area contributed by atoms with Crippen molar-refractivity contribution in [3.63, 3.8) is 0 Å². The average Bonchev–Trinajstić information content (AvgIpc) is 2.87. The molecule has 1 aliphatic heterocycles. The van der Waals surface area contributed by atoms with Gasteiger partial charge in [-0.25, -0.2) is 9.55 Å². The molecule has 0 radical (unpaired) electrons. The first kappa shape index (κ1) is 14.1. The highest BCUT2D eigenvalue weighted by Gasteiger charge is 2.38. The number of nitrogens with zero attached hydrogens (tertiary/aromatic N) is 3. The van der Waals surface area contributed by atoms with E-state index in [1.165, 1.54) is 16.6 Å². The van der Waals surface area contributed by atoms with Crippen LogP contribution in [0, 0.1) is 6.92 Å². The molecule has 3 aromatic heterocycles. The second kappa shape index (κ2) is 4.98. The first-order valence-corrected chi connectivity index (χ1v) is 7.81. The van der Waals surface area contributed by atoms with Gasteiger partial charge in [-0.2, -0.15) is 0 Å². The van der Waals surface area contributed by atoms with Crippen molar-refractivity contribution in [3.05, 3.63) is 53.5 Å². The summed E-state index contributed by atoms with van der Waals surface area (Å²) in [6.07, 6.45) is 6.08. The second-order valence-corrected chi connectivity index (χ2v) is 6.32. The van der Waals surface area contributed by atoms with Gasteiger partial charge in [-0.05, 0) is 51.2 Å². The number of fused-ring (bicyclic) bond motifs is 3. The molecule has 0 unspecified atom stereocenters. The monoisotopic (exact) mass is 304 g/mol. The molecule has 1 aliphatic rings. The van der Waals surface area contributed by atoms with E-state index in [0.29, 0.717) is 5.71 Å². The predicted octanol–water partition coefficient (Wildman–Crippen LogP) is 2.25. The molecule has 4 rings (SSSR count). The van der Waals surface area contributed by atoms with Gasteiger partial charge >= 0.3 is 6.85 Å². The van der Waals surface area contributed by atoms with Crippen LogP contribution in [0.15, 0.2) is 46.5 Å². The third kappa shape index (κ3) is 2.07. The Hall–Kier alpha value is -2.56. The fraction of sp³-hybridized carbons (Fsp3) is 0.222. The Bertz CT molecular complexity index is 945. The molecule has 4 heterocycles. The third-order valence-corrected chi connectivity index (χ3v) is 4.60. The van der Waals surface area contributed by atoms with Crippen LogP contribution in [0.3, 0.4) is 0 Å². The van der Waals surface area contributed by atoms with Gasteiger partial charge in [0.05, 0.1) is 11.1 Å². The molecule has 0 spiro atoms. The van der Waals surface area contributed by atoms with Crippen molar-refractivity contribution in [2.45, 2.75) is 13.8 Å². The van der Waals surface area contributed by atoms with Crippen LogP contribution in [0.4, 0.5) is 5.69 Å². The third-order valence-electron chi connectivity index (χ3n) is 4.60. The van der Waals surface area contributed by atoms with Gasteiger partial charge in [0.25, 0.3) is 0 Å². The van der Waals surface area contributed by atoms with Crippen LogP contribution in [-0.2, 0) is 7.05 Å². The number of hydrogen-bond donors (Lipinski definition) is 0. The van der Waals surface area contributed by atoms with Gasteiger partial charge in [-0.1, -0.05) is 5.47 Å². The van der Waals surface area contributed by atoms with Crippen molar-refractivity contribution in [1.82, 2.24) is 4.98 Å². The maximum absolute atomic E-state index is 5.93. The highest BCUT2D eigenvalue weighted by atomic mass is 16.3. The molecule has 114 valence electrons. The summed E-state index contributed by atoms with van der Waals surface area (Å²) in [4.78, 5) is 6.64. The topological polar surface area (TPSA) is 33.2 Å². The highest BCUT2D eigenvalue weighted by Crippen LogP contribution is 2.37. The molecule has 5 heteroatoms. The first-order chi connectivity index (χ1) is 11.1. The summed E-state index contributed by atoms with van der Waals surface area (Å²) in [5, 5.41) is 1.06. The van der Waals surface area contributed by atoms with E-state index in [0.717, 1.165) is 16.8 Å². The molecular formula is C18H19BN3O+. The molecular weight excluding hydrogens is 285 g/mol. The second-order valence-electron chi connectivity index (χ2n) is 6.32. The van der Waals surface area contributed by atoms with Gasteiger partial charge in [-0.3, -0.25) is 0 Å². The van der Waals surface area contributed by atoms with Crippen LogP contribution in [0.25, 0.3) is 17.2 Å². The van der Waals surface area contributed by atoms with Crippen molar-refractivity contribution >= 4 is 35.3 Å². The summed E-state index contributed by atoms with van der Waals surface area (Å²) in [6, 6.07) is 8.40. The molecule has 4 nitrogen and oxygen atoms in total. The minimum absolute atomic E-state index is 0.189. The smallest absolute Gasteiger partial charge is 0.399 e. The number of hydrogen-bond acceptors (Lipinski definition) is 3. The van der Waals surface area contributed by atoms with E-state index in [1.54, 1.807) is 6.20 Å². The number of aromatic nitrogens is 2. The molecule has 0 aliphatic carbocycles. The standard InChI is InChI=1S/C18H19BN3O/c1-12-7-8-16(21(3)11-12)19-13(2)10-15-17(22(19)4)14-6-5-9-20-18(14)23-15/h5-11H,1-4H3/q+1. The number of aryl methyl sites for hydroxylation is 2. The Balaban J connectivity index is 1.91. The lowest BCUT2D eigenvalue weighted by Gasteiger charge is -2.29. The molecule has 0 N–H and O–H groups in total. The highest BCUT2D eigenvalue weighted by molar-refractivity contribution is 6.82. The van der Waals surface area contributed by atoms with Crippen molar-refractivity contribution < 1.29 is 8.98 Å². The Morgan fingerprint density at radius 2 is 2.04 bits per heavy atom.